The molecular weight excluding hydrogens is 274 g/mol. The normalized spacial score (nSPS) is 12.3. The molecule has 0 aliphatic heterocycles. The molecular formula is C19H21NO2. The van der Waals surface area contributed by atoms with Gasteiger partial charge in [0.2, 0.25) is 0 Å². The Labute approximate surface area is 131 Å². The first-order valence-corrected chi connectivity index (χ1v) is 7.50. The van der Waals surface area contributed by atoms with Crippen molar-refractivity contribution >= 4 is 12.2 Å². The Bertz CT molecular complexity index is 635. The van der Waals surface area contributed by atoms with E-state index in [0.717, 1.165) is 16.7 Å². The second-order valence-electron chi connectivity index (χ2n) is 5.09. The second kappa shape index (κ2) is 8.13. The first-order valence-electron chi connectivity index (χ1n) is 7.50. The summed E-state index contributed by atoms with van der Waals surface area (Å²) in [4.78, 5) is 16.6. The van der Waals surface area contributed by atoms with Gasteiger partial charge in [-0.15, -0.1) is 0 Å². The topological polar surface area (TPSA) is 38.7 Å². The van der Waals surface area contributed by atoms with Gasteiger partial charge >= 0.3 is 5.97 Å². The molecule has 3 nitrogen and oxygen atoms in total. The van der Waals surface area contributed by atoms with E-state index in [1.54, 1.807) is 6.21 Å². The van der Waals surface area contributed by atoms with E-state index in [1.165, 1.54) is 0 Å². The molecule has 0 amide bonds. The van der Waals surface area contributed by atoms with Gasteiger partial charge in [0, 0.05) is 12.6 Å². The predicted octanol–water partition coefficient (Wildman–Crippen LogP) is 3.59. The Balaban J connectivity index is 2.17. The Morgan fingerprint density at radius 2 is 1.82 bits per heavy atom. The third kappa shape index (κ3) is 4.55. The van der Waals surface area contributed by atoms with Gasteiger partial charge in [0.05, 0.1) is 6.61 Å². The Hall–Kier alpha value is -2.42. The van der Waals surface area contributed by atoms with Crippen LogP contribution in [-0.2, 0) is 16.0 Å². The third-order valence-electron chi connectivity index (χ3n) is 3.41. The van der Waals surface area contributed by atoms with Gasteiger partial charge in [0.1, 0.15) is 0 Å². The molecule has 0 radical (unpaired) electrons. The highest BCUT2D eigenvalue weighted by molar-refractivity contribution is 5.85. The zero-order valence-corrected chi connectivity index (χ0v) is 13.0. The summed E-state index contributed by atoms with van der Waals surface area (Å²) in [6.07, 6.45) is 2.31. The van der Waals surface area contributed by atoms with E-state index in [0.29, 0.717) is 13.0 Å². The highest BCUT2D eigenvalue weighted by Gasteiger charge is 2.18. The molecule has 0 spiro atoms. The number of nitrogens with zero attached hydrogens (tertiary/aromatic N) is 1. The molecule has 0 saturated carbocycles. The van der Waals surface area contributed by atoms with Crippen molar-refractivity contribution in [3.63, 3.8) is 0 Å². The van der Waals surface area contributed by atoms with Crippen LogP contribution in [0.4, 0.5) is 0 Å². The first-order chi connectivity index (χ1) is 10.7. The molecule has 0 fully saturated rings. The fourth-order valence-corrected chi connectivity index (χ4v) is 2.17. The fraction of sp³-hybridized carbons (Fsp3) is 0.263. The largest absolute Gasteiger partial charge is 0.464 e. The van der Waals surface area contributed by atoms with Crippen LogP contribution in [0, 0.1) is 6.92 Å². The summed E-state index contributed by atoms with van der Waals surface area (Å²) in [6, 6.07) is 17.3. The predicted molar refractivity (Wildman–Crippen MR) is 89.3 cm³/mol. The summed E-state index contributed by atoms with van der Waals surface area (Å²) in [5, 5.41) is 0. The van der Waals surface area contributed by atoms with E-state index in [2.05, 4.69) is 4.99 Å². The zero-order valence-electron chi connectivity index (χ0n) is 13.0. The number of rotatable bonds is 6. The van der Waals surface area contributed by atoms with Crippen molar-refractivity contribution in [1.82, 2.24) is 0 Å². The van der Waals surface area contributed by atoms with Crippen molar-refractivity contribution in [3.05, 3.63) is 71.3 Å². The number of aliphatic imine (C=N–C) groups is 1. The highest BCUT2D eigenvalue weighted by atomic mass is 16.5. The molecule has 0 N–H and O–H groups in total. The lowest BCUT2D eigenvalue weighted by Crippen LogP contribution is -2.24. The number of carbonyl (C=O) groups is 1. The molecule has 0 unspecified atom stereocenters. The Morgan fingerprint density at radius 1 is 1.14 bits per heavy atom. The lowest BCUT2D eigenvalue weighted by Gasteiger charge is -2.11. The summed E-state index contributed by atoms with van der Waals surface area (Å²) < 4.78 is 5.14. The number of ether oxygens (including phenoxy) is 1. The summed E-state index contributed by atoms with van der Waals surface area (Å²) >= 11 is 0. The van der Waals surface area contributed by atoms with Gasteiger partial charge in [0.15, 0.2) is 6.04 Å². The van der Waals surface area contributed by atoms with Crippen LogP contribution in [0.1, 0.15) is 23.6 Å². The number of aryl methyl sites for hydroxylation is 1. The van der Waals surface area contributed by atoms with E-state index in [9.17, 15) is 4.79 Å². The van der Waals surface area contributed by atoms with Crippen molar-refractivity contribution in [1.29, 1.82) is 0 Å². The van der Waals surface area contributed by atoms with Crippen LogP contribution in [0.3, 0.4) is 0 Å². The molecule has 0 aliphatic carbocycles. The zero-order chi connectivity index (χ0) is 15.8. The SMILES string of the molecule is CCOC(=O)[C@H](Cc1ccccc1)/N=C/c1ccccc1C. The van der Waals surface area contributed by atoms with Crippen LogP contribution < -0.4 is 0 Å². The minimum atomic E-state index is -0.512. The number of carbonyl (C=O) groups excluding carboxylic acids is 1. The van der Waals surface area contributed by atoms with Crippen molar-refractivity contribution < 1.29 is 9.53 Å². The van der Waals surface area contributed by atoms with Gasteiger partial charge < -0.3 is 4.74 Å². The molecule has 3 heteroatoms. The molecule has 0 aromatic heterocycles. The van der Waals surface area contributed by atoms with E-state index in [1.807, 2.05) is 68.4 Å². The number of hydrogen-bond acceptors (Lipinski definition) is 3. The average Bonchev–Trinajstić information content (AvgIpc) is 2.54. The van der Waals surface area contributed by atoms with Crippen molar-refractivity contribution in [2.75, 3.05) is 6.61 Å². The Morgan fingerprint density at radius 3 is 2.50 bits per heavy atom. The third-order valence-corrected chi connectivity index (χ3v) is 3.41. The van der Waals surface area contributed by atoms with Crippen LogP contribution in [0.2, 0.25) is 0 Å². The highest BCUT2D eigenvalue weighted by Crippen LogP contribution is 2.10. The van der Waals surface area contributed by atoms with E-state index in [-0.39, 0.29) is 5.97 Å². The summed E-state index contributed by atoms with van der Waals surface area (Å²) in [7, 11) is 0. The van der Waals surface area contributed by atoms with Gasteiger partial charge in [-0.2, -0.15) is 0 Å². The fourth-order valence-electron chi connectivity index (χ4n) is 2.17. The minimum absolute atomic E-state index is 0.281. The lowest BCUT2D eigenvalue weighted by atomic mass is 10.1. The molecule has 1 atom stereocenters. The maximum atomic E-state index is 12.1. The van der Waals surface area contributed by atoms with Crippen LogP contribution in [-0.4, -0.2) is 24.8 Å². The molecule has 2 aromatic carbocycles. The Kier molecular flexibility index (Phi) is 5.90. The van der Waals surface area contributed by atoms with Crippen LogP contribution in [0.25, 0.3) is 0 Å². The second-order valence-corrected chi connectivity index (χ2v) is 5.09. The van der Waals surface area contributed by atoms with Gasteiger partial charge in [-0.1, -0.05) is 54.6 Å². The summed E-state index contributed by atoms with van der Waals surface area (Å²) in [5.74, 6) is -0.281. The number of benzene rings is 2. The van der Waals surface area contributed by atoms with Crippen molar-refractivity contribution in [3.8, 4) is 0 Å². The molecule has 22 heavy (non-hydrogen) atoms. The lowest BCUT2D eigenvalue weighted by molar-refractivity contribution is -0.144. The minimum Gasteiger partial charge on any atom is -0.464 e. The maximum absolute atomic E-state index is 12.1. The molecule has 0 bridgehead atoms. The van der Waals surface area contributed by atoms with Gasteiger partial charge in [0.25, 0.3) is 0 Å². The van der Waals surface area contributed by atoms with Crippen LogP contribution in [0.5, 0.6) is 0 Å². The van der Waals surface area contributed by atoms with Crippen molar-refractivity contribution in [2.45, 2.75) is 26.3 Å². The summed E-state index contributed by atoms with van der Waals surface area (Å²) in [5.41, 5.74) is 3.22. The molecule has 0 saturated heterocycles. The van der Waals surface area contributed by atoms with Gasteiger partial charge in [-0.05, 0) is 30.5 Å². The first kappa shape index (κ1) is 16.0. The quantitative estimate of drug-likeness (QED) is 0.603. The monoisotopic (exact) mass is 295 g/mol. The van der Waals surface area contributed by atoms with E-state index in [4.69, 9.17) is 4.74 Å². The van der Waals surface area contributed by atoms with E-state index < -0.39 is 6.04 Å². The number of hydrogen-bond donors (Lipinski definition) is 0. The molecule has 0 aliphatic rings. The van der Waals surface area contributed by atoms with Crippen molar-refractivity contribution in [2.24, 2.45) is 4.99 Å². The number of esters is 1. The summed E-state index contributed by atoms with van der Waals surface area (Å²) in [6.45, 7) is 4.20. The van der Waals surface area contributed by atoms with Gasteiger partial charge in [-0.25, -0.2) is 4.79 Å². The smallest absolute Gasteiger partial charge is 0.331 e. The average molecular weight is 295 g/mol. The van der Waals surface area contributed by atoms with Gasteiger partial charge in [-0.3, -0.25) is 4.99 Å². The van der Waals surface area contributed by atoms with E-state index >= 15 is 0 Å². The maximum Gasteiger partial charge on any atom is 0.331 e. The molecule has 114 valence electrons. The standard InChI is InChI=1S/C19H21NO2/c1-3-22-19(21)18(13-16-10-5-4-6-11-16)20-14-17-12-8-7-9-15(17)2/h4-12,14,18H,3,13H2,1-2H3/b20-14+/t18-/m0/s1. The van der Waals surface area contributed by atoms with Crippen LogP contribution >= 0.6 is 0 Å². The molecule has 2 aromatic rings. The molecule has 0 heterocycles. The molecule has 2 rings (SSSR count). The van der Waals surface area contributed by atoms with Crippen LogP contribution in [0.15, 0.2) is 59.6 Å².